The molecule has 0 saturated carbocycles. The molecule has 13 rings (SSSR count). The second-order valence-electron chi connectivity index (χ2n) is 15.6. The number of thiophene rings is 1. The maximum absolute atomic E-state index is 6.45. The fourth-order valence-corrected chi connectivity index (χ4v) is 10.2. The fraction of sp³-hybridized carbons (Fsp3) is 0. The Kier molecular flexibility index (Phi) is 7.94. The molecule has 0 N–H and O–H groups in total. The van der Waals surface area contributed by atoms with Crippen LogP contribution in [0.25, 0.3) is 127 Å². The van der Waals surface area contributed by atoms with Gasteiger partial charge in [0.25, 0.3) is 0 Å². The summed E-state index contributed by atoms with van der Waals surface area (Å²) in [4.78, 5) is 25.9. The molecule has 0 bridgehead atoms. The summed E-state index contributed by atoms with van der Waals surface area (Å²) in [5, 5.41) is 5.57. The van der Waals surface area contributed by atoms with E-state index in [1.165, 1.54) is 25.7 Å². The van der Waals surface area contributed by atoms with Gasteiger partial charge in [-0.15, -0.1) is 11.3 Å². The maximum Gasteiger partial charge on any atom is 0.238 e. The Morgan fingerprint density at radius 3 is 1.68 bits per heavy atom. The molecule has 0 fully saturated rings. The number of furan rings is 1. The van der Waals surface area contributed by atoms with Crippen molar-refractivity contribution < 1.29 is 4.42 Å². The van der Waals surface area contributed by atoms with Gasteiger partial charge in [-0.2, -0.15) is 9.97 Å². The van der Waals surface area contributed by atoms with Crippen LogP contribution in [0.15, 0.2) is 199 Å². The summed E-state index contributed by atoms with van der Waals surface area (Å²) in [6.45, 7) is 0. The molecule has 8 heteroatoms. The van der Waals surface area contributed by atoms with Crippen LogP contribution >= 0.6 is 11.3 Å². The number of para-hydroxylation sites is 1. The van der Waals surface area contributed by atoms with Gasteiger partial charge >= 0.3 is 0 Å². The van der Waals surface area contributed by atoms with Crippen molar-refractivity contribution in [2.75, 3.05) is 0 Å². The molecule has 0 saturated heterocycles. The third kappa shape index (κ3) is 5.76. The fourth-order valence-electron chi connectivity index (χ4n) is 8.93. The zero-order valence-corrected chi connectivity index (χ0v) is 34.3. The van der Waals surface area contributed by atoms with Gasteiger partial charge in [0.2, 0.25) is 5.95 Å². The van der Waals surface area contributed by atoms with Crippen LogP contribution in [0.5, 0.6) is 0 Å². The average molecular weight is 825 g/mol. The summed E-state index contributed by atoms with van der Waals surface area (Å²) >= 11 is 1.84. The van der Waals surface area contributed by atoms with Crippen LogP contribution < -0.4 is 0 Å². The van der Waals surface area contributed by atoms with Crippen LogP contribution in [0.3, 0.4) is 0 Å². The van der Waals surface area contributed by atoms with Gasteiger partial charge in [0.05, 0.1) is 11.0 Å². The highest BCUT2D eigenvalue weighted by Crippen LogP contribution is 2.43. The van der Waals surface area contributed by atoms with E-state index < -0.39 is 0 Å². The van der Waals surface area contributed by atoms with Crippen molar-refractivity contribution in [3.63, 3.8) is 0 Å². The first kappa shape index (κ1) is 35.4. The van der Waals surface area contributed by atoms with Crippen LogP contribution in [-0.4, -0.2) is 29.5 Å². The quantitative estimate of drug-likeness (QED) is 0.166. The molecular weight excluding hydrogens is 793 g/mol. The van der Waals surface area contributed by atoms with Gasteiger partial charge in [-0.3, -0.25) is 4.57 Å². The molecule has 0 atom stereocenters. The molecule has 63 heavy (non-hydrogen) atoms. The van der Waals surface area contributed by atoms with Crippen molar-refractivity contribution in [1.82, 2.24) is 29.5 Å². The van der Waals surface area contributed by atoms with Crippen LogP contribution in [0.4, 0.5) is 0 Å². The smallest absolute Gasteiger partial charge is 0.238 e. The minimum Gasteiger partial charge on any atom is -0.452 e. The second-order valence-corrected chi connectivity index (χ2v) is 16.7. The van der Waals surface area contributed by atoms with E-state index in [0.717, 1.165) is 71.8 Å². The van der Waals surface area contributed by atoms with E-state index in [4.69, 9.17) is 29.3 Å². The number of hydrogen-bond donors (Lipinski definition) is 0. The molecule has 0 aliphatic carbocycles. The third-order valence-corrected chi connectivity index (χ3v) is 13.1. The molecule has 5 aromatic heterocycles. The molecule has 0 aliphatic heterocycles. The van der Waals surface area contributed by atoms with Crippen LogP contribution in [0.2, 0.25) is 0 Å². The van der Waals surface area contributed by atoms with E-state index >= 15 is 0 Å². The standard InChI is InChI=1S/C55H32N6OS/c1-4-15-33(16-5-1)48-50-49(41-22-10-12-25-46(41)62-50)57-54(56-48)37-28-30-45-43(32-37)42-31-36(38-23-14-24-40-39-21-11-13-26-47(39)63-51(38)40)27-29-44(42)61(45)55-59-52(34-17-6-2-7-18-34)58-53(60-55)35-19-8-3-9-20-35/h1-32H. The van der Waals surface area contributed by atoms with E-state index in [-0.39, 0.29) is 0 Å². The van der Waals surface area contributed by atoms with E-state index in [9.17, 15) is 0 Å². The summed E-state index contributed by atoms with van der Waals surface area (Å²) < 4.78 is 11.2. The van der Waals surface area contributed by atoms with Crippen molar-refractivity contribution >= 4 is 75.4 Å². The van der Waals surface area contributed by atoms with Crippen molar-refractivity contribution in [1.29, 1.82) is 0 Å². The molecule has 5 heterocycles. The number of nitrogens with zero attached hydrogens (tertiary/aromatic N) is 6. The van der Waals surface area contributed by atoms with E-state index in [1.54, 1.807) is 0 Å². The lowest BCUT2D eigenvalue weighted by Gasteiger charge is -2.11. The zero-order chi connectivity index (χ0) is 41.4. The molecule has 294 valence electrons. The van der Waals surface area contributed by atoms with Gasteiger partial charge in [-0.25, -0.2) is 15.0 Å². The predicted octanol–water partition coefficient (Wildman–Crippen LogP) is 14.4. The zero-order valence-electron chi connectivity index (χ0n) is 33.5. The molecule has 0 amide bonds. The highest BCUT2D eigenvalue weighted by atomic mass is 32.1. The minimum atomic E-state index is 0.531. The van der Waals surface area contributed by atoms with Gasteiger partial charge < -0.3 is 4.42 Å². The first-order chi connectivity index (χ1) is 31.2. The lowest BCUT2D eigenvalue weighted by Crippen LogP contribution is -2.06. The molecular formula is C55H32N6OS. The Morgan fingerprint density at radius 2 is 0.968 bits per heavy atom. The van der Waals surface area contributed by atoms with Gasteiger partial charge in [0.1, 0.15) is 16.8 Å². The lowest BCUT2D eigenvalue weighted by molar-refractivity contribution is 0.667. The summed E-state index contributed by atoms with van der Waals surface area (Å²) in [6, 6.07) is 66.9. The van der Waals surface area contributed by atoms with Crippen molar-refractivity contribution in [2.24, 2.45) is 0 Å². The van der Waals surface area contributed by atoms with Gasteiger partial charge in [0.15, 0.2) is 23.1 Å². The van der Waals surface area contributed by atoms with E-state index in [1.807, 2.05) is 108 Å². The van der Waals surface area contributed by atoms with E-state index in [0.29, 0.717) is 29.0 Å². The average Bonchev–Trinajstić information content (AvgIpc) is 4.04. The molecule has 0 aliphatic rings. The normalized spacial score (nSPS) is 11.8. The monoisotopic (exact) mass is 824 g/mol. The summed E-state index contributed by atoms with van der Waals surface area (Å²) in [5.74, 6) is 2.34. The van der Waals surface area contributed by atoms with Crippen molar-refractivity contribution in [3.05, 3.63) is 194 Å². The first-order valence-corrected chi connectivity index (χ1v) is 21.6. The molecule has 13 aromatic rings. The van der Waals surface area contributed by atoms with Gasteiger partial charge in [-0.05, 0) is 59.7 Å². The second kappa shape index (κ2) is 14.1. The molecule has 0 spiro atoms. The van der Waals surface area contributed by atoms with Crippen molar-refractivity contribution in [2.45, 2.75) is 0 Å². The Bertz CT molecular complexity index is 3860. The third-order valence-electron chi connectivity index (χ3n) is 11.9. The first-order valence-electron chi connectivity index (χ1n) is 20.8. The number of hydrogen-bond acceptors (Lipinski definition) is 7. The Morgan fingerprint density at radius 1 is 0.397 bits per heavy atom. The van der Waals surface area contributed by atoms with Crippen LogP contribution in [0, 0.1) is 0 Å². The van der Waals surface area contributed by atoms with Crippen LogP contribution in [0.1, 0.15) is 0 Å². The number of aromatic nitrogens is 6. The van der Waals surface area contributed by atoms with Crippen LogP contribution in [-0.2, 0) is 0 Å². The molecule has 7 nitrogen and oxygen atoms in total. The number of benzene rings is 8. The predicted molar refractivity (Wildman–Crippen MR) is 257 cm³/mol. The lowest BCUT2D eigenvalue weighted by atomic mass is 10.00. The van der Waals surface area contributed by atoms with Gasteiger partial charge in [-0.1, -0.05) is 146 Å². The van der Waals surface area contributed by atoms with E-state index in [2.05, 4.69) is 102 Å². The Balaban J connectivity index is 1.09. The highest BCUT2D eigenvalue weighted by Gasteiger charge is 2.22. The summed E-state index contributed by atoms with van der Waals surface area (Å²) in [7, 11) is 0. The topological polar surface area (TPSA) is 82.5 Å². The summed E-state index contributed by atoms with van der Waals surface area (Å²) in [5.41, 5.74) is 10.9. The summed E-state index contributed by atoms with van der Waals surface area (Å²) in [6.07, 6.45) is 0. The number of rotatable bonds is 6. The van der Waals surface area contributed by atoms with Crippen molar-refractivity contribution in [3.8, 4) is 62.5 Å². The molecule has 0 unspecified atom stereocenters. The SMILES string of the molecule is c1ccc(-c2nc(-c3ccccc3)nc(-n3c4ccc(-c5nc(-c6ccccc6)c6oc7ccccc7c6n5)cc4c4cc(-c5cccc6c5sc5ccccc56)ccc43)n2)cc1. The Hall–Kier alpha value is -8.33. The Labute approximate surface area is 364 Å². The van der Waals surface area contributed by atoms with Gasteiger partial charge in [0, 0.05) is 58.6 Å². The maximum atomic E-state index is 6.45. The minimum absolute atomic E-state index is 0.531. The molecule has 0 radical (unpaired) electrons. The highest BCUT2D eigenvalue weighted by molar-refractivity contribution is 7.26. The number of fused-ring (bicyclic) bond motifs is 9. The largest absolute Gasteiger partial charge is 0.452 e. The molecule has 8 aromatic carbocycles.